The number of esters is 1. The van der Waals surface area contributed by atoms with Crippen LogP contribution in [0.5, 0.6) is 23.0 Å². The van der Waals surface area contributed by atoms with Gasteiger partial charge in [0.25, 0.3) is 0 Å². The quantitative estimate of drug-likeness (QED) is 0.0560. The fourth-order valence-electron chi connectivity index (χ4n) is 6.01. The molecule has 6 rings (SSSR count). The topological polar surface area (TPSA) is 264 Å². The minimum absolute atomic E-state index is 0.0226. The number of aliphatic hydroxyl groups is 7. The zero-order chi connectivity index (χ0) is 38.7. The minimum atomic E-state index is -1.86. The molecule has 10 atom stereocenters. The summed E-state index contributed by atoms with van der Waals surface area (Å²) < 4.78 is 39.6. The number of ether oxygens (including phenoxy) is 6. The monoisotopic (exact) mass is 754 g/mol. The molecule has 0 unspecified atom stereocenters. The lowest BCUT2D eigenvalue weighted by molar-refractivity contribution is -0.357. The Balaban J connectivity index is 1.29. The highest BCUT2D eigenvalue weighted by atomic mass is 16.8. The number of phenolic OH excluding ortho intramolecular Hbond substituents is 1. The SMILES string of the molecule is COc1cc(O)c(OC(=O)C=Cc2ccccc2)c2c(=O)cc(-c3cccc(O[C@H]4O[C@@H](CO)[C@@H](O)[C@H](O)[C@H]4O[C@@H]4O[C@H](CO)[C@H](O)[C@@H](O)[C@H]4O)c3)oc12. The predicted molar refractivity (Wildman–Crippen MR) is 184 cm³/mol. The van der Waals surface area contributed by atoms with E-state index >= 15 is 0 Å². The van der Waals surface area contributed by atoms with Gasteiger partial charge in [0.2, 0.25) is 6.29 Å². The zero-order valence-corrected chi connectivity index (χ0v) is 28.4. The lowest BCUT2D eigenvalue weighted by atomic mass is 9.97. The number of aliphatic hydroxyl groups excluding tert-OH is 7. The van der Waals surface area contributed by atoms with Gasteiger partial charge in [-0.05, 0) is 23.8 Å². The summed E-state index contributed by atoms with van der Waals surface area (Å²) in [6.07, 6.45) is -14.0. The predicted octanol–water partition coefficient (Wildman–Crippen LogP) is -0.204. The first-order valence-electron chi connectivity index (χ1n) is 16.6. The van der Waals surface area contributed by atoms with E-state index in [1.807, 2.05) is 6.07 Å². The Morgan fingerprint density at radius 2 is 1.50 bits per heavy atom. The van der Waals surface area contributed by atoms with Gasteiger partial charge in [-0.25, -0.2) is 4.79 Å². The molecule has 0 radical (unpaired) electrons. The molecule has 0 aliphatic carbocycles. The van der Waals surface area contributed by atoms with E-state index in [0.717, 1.165) is 18.2 Å². The maximum Gasteiger partial charge on any atom is 0.336 e. The van der Waals surface area contributed by atoms with E-state index in [9.17, 15) is 50.4 Å². The van der Waals surface area contributed by atoms with Crippen LogP contribution in [0.4, 0.5) is 0 Å². The van der Waals surface area contributed by atoms with Crippen molar-refractivity contribution in [2.24, 2.45) is 0 Å². The average Bonchev–Trinajstić information content (AvgIpc) is 3.18. The van der Waals surface area contributed by atoms with E-state index in [0.29, 0.717) is 5.56 Å². The second-order valence-electron chi connectivity index (χ2n) is 12.4. The molecule has 2 saturated heterocycles. The molecule has 17 nitrogen and oxygen atoms in total. The molecule has 2 aliphatic heterocycles. The molecule has 4 aromatic rings. The van der Waals surface area contributed by atoms with Crippen LogP contribution in [0.3, 0.4) is 0 Å². The molecule has 54 heavy (non-hydrogen) atoms. The van der Waals surface area contributed by atoms with Crippen LogP contribution in [0.2, 0.25) is 0 Å². The zero-order valence-electron chi connectivity index (χ0n) is 28.4. The van der Waals surface area contributed by atoms with Gasteiger partial charge in [-0.15, -0.1) is 0 Å². The Kier molecular flexibility index (Phi) is 11.9. The third-order valence-corrected chi connectivity index (χ3v) is 8.87. The Bertz CT molecular complexity index is 2010. The second kappa shape index (κ2) is 16.6. The van der Waals surface area contributed by atoms with Gasteiger partial charge < -0.3 is 73.7 Å². The highest BCUT2D eigenvalue weighted by Crippen LogP contribution is 2.41. The van der Waals surface area contributed by atoms with E-state index in [1.165, 1.54) is 31.4 Å². The number of rotatable bonds is 11. The van der Waals surface area contributed by atoms with Crippen LogP contribution in [-0.2, 0) is 19.0 Å². The molecule has 288 valence electrons. The first-order valence-corrected chi connectivity index (χ1v) is 16.6. The van der Waals surface area contributed by atoms with Crippen molar-refractivity contribution in [3.63, 3.8) is 0 Å². The third-order valence-electron chi connectivity index (χ3n) is 8.87. The smallest absolute Gasteiger partial charge is 0.336 e. The van der Waals surface area contributed by atoms with Crippen molar-refractivity contribution in [2.45, 2.75) is 61.4 Å². The molecule has 2 aliphatic rings. The normalized spacial score (nSPS) is 28.6. The van der Waals surface area contributed by atoms with E-state index in [4.69, 9.17) is 32.8 Å². The standard InChI is InChI=1S/C37H38O17/c1-48-23-14-21(41)33(53-26(42)11-10-17-6-3-2-4-7-17)27-20(40)13-22(50-34(23)27)18-8-5-9-19(12-18)49-37-35(31(46)29(44)25(16-39)52-37)54-36-32(47)30(45)28(43)24(15-38)51-36/h2-14,24-25,28-32,35-39,41,43-47H,15-16H2,1H3/t24-,25+,28+,29-,30-,31+,32-,35-,36+,37+/m1/s1. The number of phenols is 1. The molecule has 0 spiro atoms. The van der Waals surface area contributed by atoms with Crippen LogP contribution in [0, 0.1) is 0 Å². The molecule has 0 amide bonds. The number of fused-ring (bicyclic) bond motifs is 1. The number of methoxy groups -OCH3 is 1. The molecule has 8 N–H and O–H groups in total. The Hall–Kier alpha value is -4.92. The van der Waals surface area contributed by atoms with Gasteiger partial charge in [-0.1, -0.05) is 42.5 Å². The molecular weight excluding hydrogens is 716 g/mol. The van der Waals surface area contributed by atoms with Crippen LogP contribution in [0.25, 0.3) is 28.4 Å². The molecule has 0 saturated carbocycles. The number of benzene rings is 3. The van der Waals surface area contributed by atoms with Crippen molar-refractivity contribution in [1.82, 2.24) is 0 Å². The lowest BCUT2D eigenvalue weighted by Gasteiger charge is -2.45. The van der Waals surface area contributed by atoms with Gasteiger partial charge in [-0.3, -0.25) is 4.79 Å². The Morgan fingerprint density at radius 1 is 0.815 bits per heavy atom. The summed E-state index contributed by atoms with van der Waals surface area (Å²) in [6, 6.07) is 17.0. The first kappa shape index (κ1) is 38.8. The number of carbonyl (C=O) groups excluding carboxylic acids is 1. The fraction of sp³-hybridized carbons (Fsp3) is 0.351. The van der Waals surface area contributed by atoms with Crippen LogP contribution < -0.4 is 19.6 Å². The number of carbonyl (C=O) groups is 1. The molecule has 17 heteroatoms. The highest BCUT2D eigenvalue weighted by Gasteiger charge is 2.51. The largest absolute Gasteiger partial charge is 0.504 e. The van der Waals surface area contributed by atoms with Crippen molar-refractivity contribution >= 4 is 23.0 Å². The van der Waals surface area contributed by atoms with Crippen LogP contribution in [0.1, 0.15) is 5.56 Å². The van der Waals surface area contributed by atoms with Crippen molar-refractivity contribution in [2.75, 3.05) is 20.3 Å². The van der Waals surface area contributed by atoms with E-state index < -0.39 is 97.5 Å². The Labute approximate surface area is 306 Å². The molecule has 3 aromatic carbocycles. The van der Waals surface area contributed by atoms with Crippen molar-refractivity contribution in [1.29, 1.82) is 0 Å². The number of hydrogen-bond acceptors (Lipinski definition) is 17. The third kappa shape index (κ3) is 7.96. The average molecular weight is 755 g/mol. The molecule has 0 bridgehead atoms. The van der Waals surface area contributed by atoms with Crippen LogP contribution >= 0.6 is 0 Å². The van der Waals surface area contributed by atoms with Crippen LogP contribution in [-0.4, -0.2) is 129 Å². The molecule has 2 fully saturated rings. The number of aromatic hydroxyl groups is 1. The molecular formula is C37H38O17. The summed E-state index contributed by atoms with van der Waals surface area (Å²) >= 11 is 0. The van der Waals surface area contributed by atoms with Gasteiger partial charge in [0.05, 0.1) is 20.3 Å². The van der Waals surface area contributed by atoms with Crippen molar-refractivity contribution < 1.29 is 78.5 Å². The molecule has 3 heterocycles. The van der Waals surface area contributed by atoms with Gasteiger partial charge in [0.15, 0.2) is 40.7 Å². The second-order valence-corrected chi connectivity index (χ2v) is 12.4. The Morgan fingerprint density at radius 3 is 2.19 bits per heavy atom. The maximum atomic E-state index is 13.6. The maximum absolute atomic E-state index is 13.6. The van der Waals surface area contributed by atoms with Crippen LogP contribution in [0.15, 0.2) is 82.0 Å². The van der Waals surface area contributed by atoms with E-state index in [1.54, 1.807) is 30.3 Å². The van der Waals surface area contributed by atoms with E-state index in [-0.39, 0.29) is 33.8 Å². The first-order chi connectivity index (χ1) is 25.9. The molecule has 1 aromatic heterocycles. The summed E-state index contributed by atoms with van der Waals surface area (Å²) in [7, 11) is 1.28. The summed E-state index contributed by atoms with van der Waals surface area (Å²) in [6.45, 7) is -1.50. The van der Waals surface area contributed by atoms with Gasteiger partial charge >= 0.3 is 5.97 Å². The lowest BCUT2D eigenvalue weighted by Crippen LogP contribution is -2.65. The highest BCUT2D eigenvalue weighted by molar-refractivity contribution is 5.96. The van der Waals surface area contributed by atoms with Gasteiger partial charge in [0, 0.05) is 23.8 Å². The fourth-order valence-corrected chi connectivity index (χ4v) is 6.01. The van der Waals surface area contributed by atoms with Gasteiger partial charge in [0.1, 0.15) is 59.6 Å². The summed E-state index contributed by atoms with van der Waals surface area (Å²) in [5.41, 5.74) is 0.0913. The summed E-state index contributed by atoms with van der Waals surface area (Å²) in [5, 5.41) is 82.3. The summed E-state index contributed by atoms with van der Waals surface area (Å²) in [4.78, 5) is 26.3. The van der Waals surface area contributed by atoms with Crippen molar-refractivity contribution in [3.05, 3.63) is 88.6 Å². The summed E-state index contributed by atoms with van der Waals surface area (Å²) in [5.74, 6) is -1.94. The number of hydrogen-bond donors (Lipinski definition) is 8. The van der Waals surface area contributed by atoms with Crippen molar-refractivity contribution in [3.8, 4) is 34.3 Å². The minimum Gasteiger partial charge on any atom is -0.504 e. The van der Waals surface area contributed by atoms with Gasteiger partial charge in [-0.2, -0.15) is 0 Å². The van der Waals surface area contributed by atoms with E-state index in [2.05, 4.69) is 0 Å².